The minimum Gasteiger partial charge on any atom is -0.381 e. The Bertz CT molecular complexity index is 832. The third-order valence-corrected chi connectivity index (χ3v) is 5.16. The number of nitrogens with two attached hydrogens (primary N) is 1. The Morgan fingerprint density at radius 3 is 2.54 bits per heavy atom. The molecule has 2 saturated heterocycles. The molecule has 3 heterocycles. The van der Waals surface area contributed by atoms with Crippen molar-refractivity contribution in [1.82, 2.24) is 9.97 Å². The molecule has 1 aromatic carbocycles. The molecular formula is C20H25N5O3. The number of carbonyl (C=O) groups is 1. The second kappa shape index (κ2) is 8.53. The van der Waals surface area contributed by atoms with Gasteiger partial charge in [-0.2, -0.15) is 0 Å². The van der Waals surface area contributed by atoms with Crippen LogP contribution in [0, 0.1) is 0 Å². The van der Waals surface area contributed by atoms with Crippen LogP contribution in [-0.4, -0.2) is 55.5 Å². The molecule has 0 saturated carbocycles. The molecule has 2 fully saturated rings. The predicted octanol–water partition coefficient (Wildman–Crippen LogP) is 2.36. The first-order valence-corrected chi connectivity index (χ1v) is 9.65. The van der Waals surface area contributed by atoms with E-state index in [1.54, 1.807) is 0 Å². The second-order valence-corrected chi connectivity index (χ2v) is 6.99. The lowest BCUT2D eigenvalue weighted by Gasteiger charge is -2.31. The number of carbonyl (C=O) groups excluding carboxylic acids is 1. The highest BCUT2D eigenvalue weighted by Crippen LogP contribution is 2.36. The Morgan fingerprint density at radius 2 is 1.79 bits per heavy atom. The van der Waals surface area contributed by atoms with Gasteiger partial charge >= 0.3 is 6.03 Å². The summed E-state index contributed by atoms with van der Waals surface area (Å²) < 4.78 is 11.0. The van der Waals surface area contributed by atoms with Crippen molar-refractivity contribution in [2.45, 2.75) is 18.8 Å². The summed E-state index contributed by atoms with van der Waals surface area (Å²) in [5, 5.41) is 2.70. The van der Waals surface area contributed by atoms with Crippen LogP contribution >= 0.6 is 0 Å². The number of nitrogens with zero attached hydrogens (tertiary/aromatic N) is 3. The number of amides is 2. The van der Waals surface area contributed by atoms with Crippen molar-refractivity contribution in [1.29, 1.82) is 0 Å². The van der Waals surface area contributed by atoms with Crippen molar-refractivity contribution in [3.05, 3.63) is 36.3 Å². The minimum absolute atomic E-state index is 0.307. The Labute approximate surface area is 164 Å². The van der Waals surface area contributed by atoms with Gasteiger partial charge in [0.1, 0.15) is 11.6 Å². The lowest BCUT2D eigenvalue weighted by atomic mass is 9.98. The first kappa shape index (κ1) is 18.6. The number of urea groups is 1. The summed E-state index contributed by atoms with van der Waals surface area (Å²) >= 11 is 0. The molecule has 2 aromatic rings. The number of nitrogens with one attached hydrogen (secondary N) is 1. The molecule has 0 bridgehead atoms. The summed E-state index contributed by atoms with van der Waals surface area (Å²) in [6, 6.07) is 6.97. The normalized spacial score (nSPS) is 18.1. The van der Waals surface area contributed by atoms with Gasteiger partial charge in [0.15, 0.2) is 0 Å². The van der Waals surface area contributed by atoms with E-state index in [2.05, 4.69) is 15.2 Å². The molecule has 0 unspecified atom stereocenters. The average molecular weight is 383 g/mol. The van der Waals surface area contributed by atoms with E-state index >= 15 is 0 Å². The van der Waals surface area contributed by atoms with Crippen LogP contribution in [0.3, 0.4) is 0 Å². The van der Waals surface area contributed by atoms with Gasteiger partial charge in [-0.25, -0.2) is 14.8 Å². The van der Waals surface area contributed by atoms with Crippen LogP contribution in [0.4, 0.5) is 16.3 Å². The quantitative estimate of drug-likeness (QED) is 0.840. The largest absolute Gasteiger partial charge is 0.381 e. The lowest BCUT2D eigenvalue weighted by molar-refractivity contribution is 0.0835. The Morgan fingerprint density at radius 1 is 1.07 bits per heavy atom. The maximum atomic E-state index is 11.4. The zero-order chi connectivity index (χ0) is 19.3. The molecule has 2 aliphatic heterocycles. The van der Waals surface area contributed by atoms with E-state index in [0.29, 0.717) is 24.8 Å². The van der Waals surface area contributed by atoms with Gasteiger partial charge in [0, 0.05) is 49.5 Å². The number of hydrogen-bond donors (Lipinski definition) is 2. The second-order valence-electron chi connectivity index (χ2n) is 6.99. The fourth-order valence-corrected chi connectivity index (χ4v) is 3.70. The Kier molecular flexibility index (Phi) is 5.68. The van der Waals surface area contributed by atoms with Crippen LogP contribution in [0.2, 0.25) is 0 Å². The van der Waals surface area contributed by atoms with Gasteiger partial charge < -0.3 is 25.4 Å². The predicted molar refractivity (Wildman–Crippen MR) is 107 cm³/mol. The van der Waals surface area contributed by atoms with Crippen LogP contribution in [0.5, 0.6) is 0 Å². The summed E-state index contributed by atoms with van der Waals surface area (Å²) in [5.41, 5.74) is 7.72. The summed E-state index contributed by atoms with van der Waals surface area (Å²) in [5.74, 6) is 2.04. The average Bonchev–Trinajstić information content (AvgIpc) is 2.75. The highest BCUT2D eigenvalue weighted by Gasteiger charge is 2.24. The molecule has 0 atom stereocenters. The van der Waals surface area contributed by atoms with Crippen LogP contribution in [0.25, 0.3) is 11.1 Å². The Hall–Kier alpha value is -2.71. The maximum Gasteiger partial charge on any atom is 0.316 e. The van der Waals surface area contributed by atoms with E-state index in [9.17, 15) is 4.79 Å². The number of ether oxygens (including phenoxy) is 2. The number of hydrogen-bond acceptors (Lipinski definition) is 6. The number of para-hydroxylation sites is 1. The minimum atomic E-state index is -0.597. The molecule has 0 radical (unpaired) electrons. The summed E-state index contributed by atoms with van der Waals surface area (Å²) in [4.78, 5) is 23.3. The molecular weight excluding hydrogens is 358 g/mol. The third kappa shape index (κ3) is 4.07. The van der Waals surface area contributed by atoms with Crippen molar-refractivity contribution < 1.29 is 14.3 Å². The zero-order valence-electron chi connectivity index (χ0n) is 15.8. The van der Waals surface area contributed by atoms with Crippen LogP contribution < -0.4 is 16.0 Å². The number of morpholine rings is 1. The SMILES string of the molecule is NC(=O)Nc1ccccc1-c1cnc(C2CCOCC2)nc1N1CCOCC1. The van der Waals surface area contributed by atoms with Crippen LogP contribution in [0.1, 0.15) is 24.6 Å². The molecule has 1 aromatic heterocycles. The summed E-state index contributed by atoms with van der Waals surface area (Å²) in [6.45, 7) is 4.35. The Balaban J connectivity index is 1.76. The number of benzene rings is 1. The van der Waals surface area contributed by atoms with E-state index in [1.165, 1.54) is 0 Å². The molecule has 2 aliphatic rings. The summed E-state index contributed by atoms with van der Waals surface area (Å²) in [7, 11) is 0. The fourth-order valence-electron chi connectivity index (χ4n) is 3.70. The van der Waals surface area contributed by atoms with Gasteiger partial charge in [-0.1, -0.05) is 18.2 Å². The standard InChI is InChI=1S/C20H25N5O3/c21-20(26)23-17-4-2-1-3-15(17)16-13-22-18(14-5-9-27-10-6-14)24-19(16)25-7-11-28-12-8-25/h1-4,13-14H,5-12H2,(H3,21,23,26). The van der Waals surface area contributed by atoms with Gasteiger partial charge in [0.05, 0.1) is 18.9 Å². The van der Waals surface area contributed by atoms with Crippen LogP contribution in [0.15, 0.2) is 30.5 Å². The molecule has 148 valence electrons. The van der Waals surface area contributed by atoms with E-state index in [1.807, 2.05) is 30.5 Å². The van der Waals surface area contributed by atoms with E-state index in [-0.39, 0.29) is 0 Å². The van der Waals surface area contributed by atoms with Crippen molar-refractivity contribution in [3.63, 3.8) is 0 Å². The third-order valence-electron chi connectivity index (χ3n) is 5.16. The van der Waals surface area contributed by atoms with Gasteiger partial charge in [-0.3, -0.25) is 0 Å². The maximum absolute atomic E-state index is 11.4. The molecule has 4 rings (SSSR count). The topological polar surface area (TPSA) is 103 Å². The van der Waals surface area contributed by atoms with Gasteiger partial charge in [-0.05, 0) is 18.9 Å². The van der Waals surface area contributed by atoms with E-state index in [0.717, 1.165) is 61.9 Å². The molecule has 0 aliphatic carbocycles. The lowest BCUT2D eigenvalue weighted by Crippen LogP contribution is -2.37. The molecule has 8 heteroatoms. The van der Waals surface area contributed by atoms with E-state index in [4.69, 9.17) is 20.2 Å². The number of anilines is 2. The summed E-state index contributed by atoms with van der Waals surface area (Å²) in [6.07, 6.45) is 3.73. The van der Waals surface area contributed by atoms with Crippen molar-refractivity contribution in [2.75, 3.05) is 49.7 Å². The number of primary amides is 1. The monoisotopic (exact) mass is 383 g/mol. The molecule has 3 N–H and O–H groups in total. The van der Waals surface area contributed by atoms with Crippen molar-refractivity contribution in [3.8, 4) is 11.1 Å². The first-order valence-electron chi connectivity index (χ1n) is 9.65. The molecule has 0 spiro atoms. The highest BCUT2D eigenvalue weighted by molar-refractivity contribution is 5.95. The molecule has 28 heavy (non-hydrogen) atoms. The number of aromatic nitrogens is 2. The zero-order valence-corrected chi connectivity index (χ0v) is 15.8. The first-order chi connectivity index (χ1) is 13.7. The van der Waals surface area contributed by atoms with Crippen LogP contribution in [-0.2, 0) is 9.47 Å². The van der Waals surface area contributed by atoms with Gasteiger partial charge in [-0.15, -0.1) is 0 Å². The van der Waals surface area contributed by atoms with Gasteiger partial charge in [0.25, 0.3) is 0 Å². The van der Waals surface area contributed by atoms with E-state index < -0.39 is 6.03 Å². The molecule has 2 amide bonds. The van der Waals surface area contributed by atoms with Crippen molar-refractivity contribution >= 4 is 17.5 Å². The number of rotatable bonds is 4. The smallest absolute Gasteiger partial charge is 0.316 e. The molecule has 8 nitrogen and oxygen atoms in total. The fraction of sp³-hybridized carbons (Fsp3) is 0.450. The van der Waals surface area contributed by atoms with Crippen molar-refractivity contribution in [2.24, 2.45) is 5.73 Å². The van der Waals surface area contributed by atoms with Gasteiger partial charge in [0.2, 0.25) is 0 Å². The highest BCUT2D eigenvalue weighted by atomic mass is 16.5.